The van der Waals surface area contributed by atoms with E-state index in [1.54, 1.807) is 0 Å². The zero-order valence-electron chi connectivity index (χ0n) is 12.5. The number of hydrogen-bond acceptors (Lipinski definition) is 3. The molecule has 0 saturated carbocycles. The van der Waals surface area contributed by atoms with Crippen LogP contribution >= 0.6 is 0 Å². The van der Waals surface area contributed by atoms with Crippen LogP contribution in [0.1, 0.15) is 54.4 Å². The fourth-order valence-electron chi connectivity index (χ4n) is 2.27. The van der Waals surface area contributed by atoms with Crippen LogP contribution in [0.2, 0.25) is 0 Å². The Labute approximate surface area is 111 Å². The number of ketones is 1. The SMILES string of the molecule is CCC1=C(OCC(C)C)C(=O)C(C)(CC(C)C)O1. The number of carbonyl (C=O) groups excluding carboxylic acids is 1. The number of hydrogen-bond donors (Lipinski definition) is 0. The molecule has 0 aromatic carbocycles. The van der Waals surface area contributed by atoms with Crippen LogP contribution in [0, 0.1) is 11.8 Å². The van der Waals surface area contributed by atoms with Crippen LogP contribution < -0.4 is 0 Å². The second-order valence-electron chi connectivity index (χ2n) is 6.07. The Kier molecular flexibility index (Phi) is 4.83. The summed E-state index contributed by atoms with van der Waals surface area (Å²) in [5.74, 6) is 1.99. The molecule has 0 saturated heterocycles. The molecule has 0 bridgehead atoms. The van der Waals surface area contributed by atoms with Crippen molar-refractivity contribution < 1.29 is 14.3 Å². The lowest BCUT2D eigenvalue weighted by molar-refractivity contribution is -0.132. The molecule has 0 radical (unpaired) electrons. The van der Waals surface area contributed by atoms with Crippen molar-refractivity contribution in [1.29, 1.82) is 0 Å². The van der Waals surface area contributed by atoms with Crippen molar-refractivity contribution >= 4 is 5.78 Å². The van der Waals surface area contributed by atoms with E-state index in [0.717, 1.165) is 6.42 Å². The zero-order valence-corrected chi connectivity index (χ0v) is 12.5. The Bertz CT molecular complexity index is 342. The van der Waals surface area contributed by atoms with Crippen molar-refractivity contribution in [3.05, 3.63) is 11.5 Å². The predicted octanol–water partition coefficient (Wildman–Crippen LogP) is 3.68. The second-order valence-corrected chi connectivity index (χ2v) is 6.07. The molecular weight excluding hydrogens is 228 g/mol. The first-order chi connectivity index (χ1) is 8.30. The summed E-state index contributed by atoms with van der Waals surface area (Å²) in [5, 5.41) is 0. The topological polar surface area (TPSA) is 35.5 Å². The molecule has 0 aromatic heterocycles. The highest BCUT2D eigenvalue weighted by Gasteiger charge is 2.46. The number of allylic oxidation sites excluding steroid dienone is 1. The molecule has 0 aromatic rings. The van der Waals surface area contributed by atoms with Gasteiger partial charge in [0.15, 0.2) is 5.60 Å². The fourth-order valence-corrected chi connectivity index (χ4v) is 2.27. The Balaban J connectivity index is 2.84. The average Bonchev–Trinajstić information content (AvgIpc) is 2.47. The van der Waals surface area contributed by atoms with E-state index in [9.17, 15) is 4.79 Å². The standard InChI is InChI=1S/C15H26O3/c1-7-12-13(17-9-11(4)5)14(16)15(6,18-12)8-10(2)3/h10-11H,7-9H2,1-6H3. The molecule has 1 heterocycles. The molecule has 1 aliphatic rings. The molecular formula is C15H26O3. The van der Waals surface area contributed by atoms with Gasteiger partial charge in [-0.2, -0.15) is 0 Å². The molecule has 1 atom stereocenters. The number of rotatable bonds is 6. The van der Waals surface area contributed by atoms with Gasteiger partial charge in [0.25, 0.3) is 0 Å². The van der Waals surface area contributed by atoms with Gasteiger partial charge in [0.2, 0.25) is 11.5 Å². The van der Waals surface area contributed by atoms with Crippen LogP contribution in [0.25, 0.3) is 0 Å². The molecule has 1 unspecified atom stereocenters. The summed E-state index contributed by atoms with van der Waals surface area (Å²) >= 11 is 0. The van der Waals surface area contributed by atoms with Gasteiger partial charge in [-0.3, -0.25) is 4.79 Å². The van der Waals surface area contributed by atoms with Gasteiger partial charge in [-0.15, -0.1) is 0 Å². The van der Waals surface area contributed by atoms with Crippen LogP contribution in [0.4, 0.5) is 0 Å². The number of ether oxygens (including phenoxy) is 2. The highest BCUT2D eigenvalue weighted by Crippen LogP contribution is 2.37. The lowest BCUT2D eigenvalue weighted by atomic mass is 9.90. The van der Waals surface area contributed by atoms with Gasteiger partial charge in [0, 0.05) is 6.42 Å². The highest BCUT2D eigenvalue weighted by molar-refractivity contribution is 6.02. The summed E-state index contributed by atoms with van der Waals surface area (Å²) in [5.41, 5.74) is -0.730. The molecule has 3 heteroatoms. The molecule has 0 amide bonds. The molecule has 0 aliphatic carbocycles. The van der Waals surface area contributed by atoms with E-state index in [2.05, 4.69) is 27.7 Å². The van der Waals surface area contributed by atoms with Gasteiger partial charge in [-0.05, 0) is 25.2 Å². The molecule has 0 spiro atoms. The maximum Gasteiger partial charge on any atom is 0.243 e. The quantitative estimate of drug-likeness (QED) is 0.725. The van der Waals surface area contributed by atoms with E-state index in [4.69, 9.17) is 9.47 Å². The minimum atomic E-state index is -0.730. The molecule has 18 heavy (non-hydrogen) atoms. The first-order valence-corrected chi connectivity index (χ1v) is 6.90. The van der Waals surface area contributed by atoms with Gasteiger partial charge in [-0.1, -0.05) is 34.6 Å². The maximum absolute atomic E-state index is 12.4. The third kappa shape index (κ3) is 3.27. The van der Waals surface area contributed by atoms with Crippen LogP contribution in [-0.2, 0) is 14.3 Å². The summed E-state index contributed by atoms with van der Waals surface area (Å²) in [4.78, 5) is 12.4. The van der Waals surface area contributed by atoms with Crippen LogP contribution in [0.5, 0.6) is 0 Å². The van der Waals surface area contributed by atoms with Gasteiger partial charge >= 0.3 is 0 Å². The molecule has 0 fully saturated rings. The first kappa shape index (κ1) is 15.1. The summed E-state index contributed by atoms with van der Waals surface area (Å²) in [6, 6.07) is 0. The van der Waals surface area contributed by atoms with E-state index in [1.165, 1.54) is 0 Å². The lowest BCUT2D eigenvalue weighted by Gasteiger charge is -2.25. The molecule has 0 N–H and O–H groups in total. The first-order valence-electron chi connectivity index (χ1n) is 6.90. The van der Waals surface area contributed by atoms with Crippen molar-refractivity contribution in [3.63, 3.8) is 0 Å². The summed E-state index contributed by atoms with van der Waals surface area (Å²) in [7, 11) is 0. The Morgan fingerprint density at radius 2 is 1.83 bits per heavy atom. The van der Waals surface area contributed by atoms with Crippen LogP contribution in [0.15, 0.2) is 11.5 Å². The monoisotopic (exact) mass is 254 g/mol. The normalized spacial score (nSPS) is 24.1. The largest absolute Gasteiger partial charge is 0.486 e. The van der Waals surface area contributed by atoms with E-state index in [-0.39, 0.29) is 5.78 Å². The predicted molar refractivity (Wildman–Crippen MR) is 72.1 cm³/mol. The van der Waals surface area contributed by atoms with Crippen molar-refractivity contribution in [3.8, 4) is 0 Å². The van der Waals surface area contributed by atoms with Crippen LogP contribution in [0.3, 0.4) is 0 Å². The van der Waals surface area contributed by atoms with E-state index < -0.39 is 5.60 Å². The summed E-state index contributed by atoms with van der Waals surface area (Å²) in [6.45, 7) is 12.8. The van der Waals surface area contributed by atoms with Gasteiger partial charge in [0.1, 0.15) is 5.76 Å². The zero-order chi connectivity index (χ0) is 13.9. The fraction of sp³-hybridized carbons (Fsp3) is 0.800. The van der Waals surface area contributed by atoms with Crippen LogP contribution in [-0.4, -0.2) is 18.0 Å². The Morgan fingerprint density at radius 3 is 2.28 bits per heavy atom. The Hall–Kier alpha value is -0.990. The molecule has 3 nitrogen and oxygen atoms in total. The molecule has 1 rings (SSSR count). The third-order valence-electron chi connectivity index (χ3n) is 2.97. The van der Waals surface area contributed by atoms with E-state index in [0.29, 0.717) is 36.4 Å². The maximum atomic E-state index is 12.4. The van der Waals surface area contributed by atoms with Gasteiger partial charge in [-0.25, -0.2) is 0 Å². The minimum absolute atomic E-state index is 0.00806. The van der Waals surface area contributed by atoms with Crippen molar-refractivity contribution in [2.45, 2.75) is 60.0 Å². The van der Waals surface area contributed by atoms with Crippen molar-refractivity contribution in [2.24, 2.45) is 11.8 Å². The number of Topliss-reactive ketones (excluding diaryl/α,β-unsaturated/α-hetero) is 1. The average molecular weight is 254 g/mol. The van der Waals surface area contributed by atoms with E-state index >= 15 is 0 Å². The third-order valence-corrected chi connectivity index (χ3v) is 2.97. The summed E-state index contributed by atoms with van der Waals surface area (Å²) in [6.07, 6.45) is 1.43. The Morgan fingerprint density at radius 1 is 1.22 bits per heavy atom. The highest BCUT2D eigenvalue weighted by atomic mass is 16.6. The minimum Gasteiger partial charge on any atom is -0.486 e. The van der Waals surface area contributed by atoms with Gasteiger partial charge < -0.3 is 9.47 Å². The van der Waals surface area contributed by atoms with Gasteiger partial charge in [0.05, 0.1) is 6.61 Å². The molecule has 104 valence electrons. The van der Waals surface area contributed by atoms with Crippen molar-refractivity contribution in [2.75, 3.05) is 6.61 Å². The molecule has 1 aliphatic heterocycles. The lowest BCUT2D eigenvalue weighted by Crippen LogP contribution is -2.35. The summed E-state index contributed by atoms with van der Waals surface area (Å²) < 4.78 is 11.5. The number of carbonyl (C=O) groups is 1. The second kappa shape index (κ2) is 5.77. The van der Waals surface area contributed by atoms with E-state index in [1.807, 2.05) is 13.8 Å². The smallest absolute Gasteiger partial charge is 0.243 e. The van der Waals surface area contributed by atoms with Crippen molar-refractivity contribution in [1.82, 2.24) is 0 Å².